The average Bonchev–Trinajstić information content (AvgIpc) is 3.54. The summed E-state index contributed by atoms with van der Waals surface area (Å²) >= 11 is 0. The van der Waals surface area contributed by atoms with Crippen LogP contribution < -0.4 is 0 Å². The molecule has 0 amide bonds. The van der Waals surface area contributed by atoms with Gasteiger partial charge in [-0.3, -0.25) is 4.98 Å². The number of para-hydroxylation sites is 3. The predicted octanol–water partition coefficient (Wildman–Crippen LogP) is 11.3. The second-order valence-corrected chi connectivity index (χ2v) is 11.6. The third kappa shape index (κ3) is 4.84. The second kappa shape index (κ2) is 11.2. The first kappa shape index (κ1) is 27.0. The standard InChI is InChI=1S/C43H27N3O/c1-2-9-28(10-3-1)29-18-22-31(23-19-29)38-27-39(32-24-20-30(21-25-32)34-14-6-11-33-12-8-26-44-41(33)34)46-43(45-38)37-16-7-15-36-35-13-4-5-17-40(35)47-42(36)37/h1-27H. The number of rotatable bonds is 5. The van der Waals surface area contributed by atoms with Crippen LogP contribution in [-0.4, -0.2) is 15.0 Å². The highest BCUT2D eigenvalue weighted by atomic mass is 16.3. The molecule has 9 rings (SSSR count). The highest BCUT2D eigenvalue weighted by Gasteiger charge is 2.17. The predicted molar refractivity (Wildman–Crippen MR) is 192 cm³/mol. The van der Waals surface area contributed by atoms with Gasteiger partial charge in [0, 0.05) is 39.0 Å². The molecular formula is C43H27N3O. The zero-order valence-corrected chi connectivity index (χ0v) is 25.3. The smallest absolute Gasteiger partial charge is 0.164 e. The van der Waals surface area contributed by atoms with E-state index in [0.29, 0.717) is 5.82 Å². The van der Waals surface area contributed by atoms with Gasteiger partial charge in [0.2, 0.25) is 0 Å². The van der Waals surface area contributed by atoms with Crippen LogP contribution in [0.5, 0.6) is 0 Å². The molecule has 0 spiro atoms. The largest absolute Gasteiger partial charge is 0.455 e. The Morgan fingerprint density at radius 1 is 0.426 bits per heavy atom. The van der Waals surface area contributed by atoms with Crippen LogP contribution in [-0.2, 0) is 0 Å². The van der Waals surface area contributed by atoms with Crippen LogP contribution in [0.2, 0.25) is 0 Å². The highest BCUT2D eigenvalue weighted by molar-refractivity contribution is 6.09. The molecule has 3 aromatic heterocycles. The maximum atomic E-state index is 6.41. The number of nitrogens with zero attached hydrogens (tertiary/aromatic N) is 3. The molecule has 4 heteroatoms. The number of furan rings is 1. The number of pyridine rings is 1. The van der Waals surface area contributed by atoms with E-state index in [1.807, 2.05) is 42.6 Å². The lowest BCUT2D eigenvalue weighted by Gasteiger charge is -2.11. The number of hydrogen-bond donors (Lipinski definition) is 0. The van der Waals surface area contributed by atoms with Crippen molar-refractivity contribution in [2.75, 3.05) is 0 Å². The molecule has 0 saturated carbocycles. The van der Waals surface area contributed by atoms with E-state index in [2.05, 4.69) is 126 Å². The minimum absolute atomic E-state index is 0.622. The van der Waals surface area contributed by atoms with Gasteiger partial charge in [0.1, 0.15) is 11.2 Å². The Morgan fingerprint density at radius 2 is 1.02 bits per heavy atom. The molecule has 0 aliphatic rings. The van der Waals surface area contributed by atoms with E-state index in [-0.39, 0.29) is 0 Å². The van der Waals surface area contributed by atoms with Gasteiger partial charge in [0.25, 0.3) is 0 Å². The van der Waals surface area contributed by atoms with Gasteiger partial charge < -0.3 is 4.42 Å². The summed E-state index contributed by atoms with van der Waals surface area (Å²) in [4.78, 5) is 15.0. The summed E-state index contributed by atoms with van der Waals surface area (Å²) in [5.74, 6) is 0.622. The van der Waals surface area contributed by atoms with E-state index in [1.54, 1.807) is 0 Å². The molecule has 0 atom stereocenters. The van der Waals surface area contributed by atoms with Crippen LogP contribution in [0.1, 0.15) is 0 Å². The third-order valence-corrected chi connectivity index (χ3v) is 8.78. The summed E-state index contributed by atoms with van der Waals surface area (Å²) in [6.45, 7) is 0. The van der Waals surface area contributed by atoms with Gasteiger partial charge in [-0.15, -0.1) is 0 Å². The van der Waals surface area contributed by atoms with Gasteiger partial charge in [-0.05, 0) is 41.0 Å². The molecule has 0 N–H and O–H groups in total. The van der Waals surface area contributed by atoms with Gasteiger partial charge in [-0.1, -0.05) is 133 Å². The Morgan fingerprint density at radius 3 is 1.81 bits per heavy atom. The first-order valence-corrected chi connectivity index (χ1v) is 15.7. The lowest BCUT2D eigenvalue weighted by Crippen LogP contribution is -1.96. The summed E-state index contributed by atoms with van der Waals surface area (Å²) in [5.41, 5.74) is 11.8. The van der Waals surface area contributed by atoms with Crippen molar-refractivity contribution in [2.24, 2.45) is 0 Å². The maximum absolute atomic E-state index is 6.41. The van der Waals surface area contributed by atoms with Gasteiger partial charge in [-0.25, -0.2) is 9.97 Å². The van der Waals surface area contributed by atoms with Crippen molar-refractivity contribution in [1.82, 2.24) is 15.0 Å². The van der Waals surface area contributed by atoms with Crippen molar-refractivity contribution in [3.05, 3.63) is 164 Å². The molecule has 0 bridgehead atoms. The number of aromatic nitrogens is 3. The van der Waals surface area contributed by atoms with Crippen molar-refractivity contribution in [3.8, 4) is 56.2 Å². The van der Waals surface area contributed by atoms with E-state index in [0.717, 1.165) is 77.6 Å². The van der Waals surface area contributed by atoms with Crippen molar-refractivity contribution < 1.29 is 4.42 Å². The van der Waals surface area contributed by atoms with E-state index >= 15 is 0 Å². The molecule has 6 aromatic carbocycles. The number of fused-ring (bicyclic) bond motifs is 4. The fraction of sp³-hybridized carbons (Fsp3) is 0. The van der Waals surface area contributed by atoms with Crippen LogP contribution in [0.3, 0.4) is 0 Å². The summed E-state index contributed by atoms with van der Waals surface area (Å²) in [7, 11) is 0. The summed E-state index contributed by atoms with van der Waals surface area (Å²) in [6.07, 6.45) is 1.85. The summed E-state index contributed by atoms with van der Waals surface area (Å²) < 4.78 is 6.41. The average molecular weight is 602 g/mol. The van der Waals surface area contributed by atoms with Crippen LogP contribution in [0.4, 0.5) is 0 Å². The molecule has 0 unspecified atom stereocenters. The molecule has 47 heavy (non-hydrogen) atoms. The minimum Gasteiger partial charge on any atom is -0.455 e. The first-order chi connectivity index (χ1) is 23.3. The molecule has 0 fully saturated rings. The van der Waals surface area contributed by atoms with Gasteiger partial charge >= 0.3 is 0 Å². The lowest BCUT2D eigenvalue weighted by atomic mass is 9.99. The Hall–Kier alpha value is -6.39. The van der Waals surface area contributed by atoms with E-state index < -0.39 is 0 Å². The molecule has 0 radical (unpaired) electrons. The van der Waals surface area contributed by atoms with Crippen LogP contribution in [0.15, 0.2) is 168 Å². The Bertz CT molecular complexity index is 2550. The number of hydrogen-bond acceptors (Lipinski definition) is 4. The van der Waals surface area contributed by atoms with Crippen LogP contribution >= 0.6 is 0 Å². The fourth-order valence-corrected chi connectivity index (χ4v) is 6.41. The molecular weight excluding hydrogens is 574 g/mol. The van der Waals surface area contributed by atoms with Gasteiger partial charge in [0.15, 0.2) is 5.82 Å². The quantitative estimate of drug-likeness (QED) is 0.197. The van der Waals surface area contributed by atoms with Crippen molar-refractivity contribution in [2.45, 2.75) is 0 Å². The first-order valence-electron chi connectivity index (χ1n) is 15.7. The maximum Gasteiger partial charge on any atom is 0.164 e. The topological polar surface area (TPSA) is 51.8 Å². The molecule has 0 aliphatic carbocycles. The summed E-state index contributed by atoms with van der Waals surface area (Å²) in [5, 5.41) is 3.25. The normalized spacial score (nSPS) is 11.4. The van der Waals surface area contributed by atoms with E-state index in [9.17, 15) is 0 Å². The van der Waals surface area contributed by atoms with E-state index in [1.165, 1.54) is 5.56 Å². The SMILES string of the molecule is c1ccc(-c2ccc(-c3cc(-c4ccc(-c5cccc6cccnc56)cc4)nc(-c4cccc5c4oc4ccccc45)n3)cc2)cc1. The number of benzene rings is 6. The molecule has 9 aromatic rings. The highest BCUT2D eigenvalue weighted by Crippen LogP contribution is 2.37. The van der Waals surface area contributed by atoms with Crippen molar-refractivity contribution in [3.63, 3.8) is 0 Å². The van der Waals surface area contributed by atoms with Gasteiger partial charge in [0.05, 0.1) is 22.5 Å². The fourth-order valence-electron chi connectivity index (χ4n) is 6.41. The monoisotopic (exact) mass is 601 g/mol. The lowest BCUT2D eigenvalue weighted by molar-refractivity contribution is 0.669. The van der Waals surface area contributed by atoms with Gasteiger partial charge in [-0.2, -0.15) is 0 Å². The summed E-state index contributed by atoms with van der Waals surface area (Å²) in [6, 6.07) is 54.3. The van der Waals surface area contributed by atoms with Crippen molar-refractivity contribution in [1.29, 1.82) is 0 Å². The Kier molecular flexibility index (Phi) is 6.43. The third-order valence-electron chi connectivity index (χ3n) is 8.78. The van der Waals surface area contributed by atoms with Crippen LogP contribution in [0, 0.1) is 0 Å². The minimum atomic E-state index is 0.622. The molecule has 0 saturated heterocycles. The van der Waals surface area contributed by atoms with Crippen LogP contribution in [0.25, 0.3) is 89.0 Å². The zero-order valence-electron chi connectivity index (χ0n) is 25.3. The Balaban J connectivity index is 1.19. The Labute approximate surface area is 271 Å². The second-order valence-electron chi connectivity index (χ2n) is 11.6. The molecule has 220 valence electrons. The van der Waals surface area contributed by atoms with Crippen molar-refractivity contribution >= 4 is 32.8 Å². The molecule has 0 aliphatic heterocycles. The zero-order chi connectivity index (χ0) is 31.2. The molecule has 4 nitrogen and oxygen atoms in total. The molecule has 3 heterocycles. The van der Waals surface area contributed by atoms with E-state index in [4.69, 9.17) is 14.4 Å².